The van der Waals surface area contributed by atoms with Gasteiger partial charge < -0.3 is 5.73 Å². The van der Waals surface area contributed by atoms with Gasteiger partial charge in [-0.25, -0.2) is 0 Å². The van der Waals surface area contributed by atoms with Crippen molar-refractivity contribution in [2.24, 2.45) is 11.7 Å². The predicted octanol–water partition coefficient (Wildman–Crippen LogP) is 2.13. The predicted molar refractivity (Wildman–Crippen MR) is 61.6 cm³/mol. The molecule has 84 valence electrons. The van der Waals surface area contributed by atoms with Crippen molar-refractivity contribution in [1.82, 2.24) is 9.78 Å². The molecule has 2 N–H and O–H groups in total. The van der Waals surface area contributed by atoms with Gasteiger partial charge in [0, 0.05) is 18.3 Å². The summed E-state index contributed by atoms with van der Waals surface area (Å²) in [5.41, 5.74) is 7.13. The van der Waals surface area contributed by atoms with Crippen molar-refractivity contribution < 1.29 is 0 Å². The normalized spacial score (nSPS) is 26.4. The average molecular weight is 207 g/mol. The summed E-state index contributed by atoms with van der Waals surface area (Å²) in [7, 11) is 0. The van der Waals surface area contributed by atoms with Gasteiger partial charge >= 0.3 is 0 Å². The zero-order valence-corrected chi connectivity index (χ0v) is 9.69. The molecule has 0 amide bonds. The van der Waals surface area contributed by atoms with E-state index in [2.05, 4.69) is 31.2 Å². The van der Waals surface area contributed by atoms with Crippen LogP contribution in [0.25, 0.3) is 0 Å². The maximum atomic E-state index is 5.91. The highest BCUT2D eigenvalue weighted by molar-refractivity contribution is 5.02. The summed E-state index contributed by atoms with van der Waals surface area (Å²) >= 11 is 0. The monoisotopic (exact) mass is 207 g/mol. The van der Waals surface area contributed by atoms with E-state index in [1.807, 2.05) is 4.68 Å². The van der Waals surface area contributed by atoms with E-state index in [1.54, 1.807) is 0 Å². The molecule has 3 heteroatoms. The van der Waals surface area contributed by atoms with Crippen LogP contribution in [0.3, 0.4) is 0 Å². The van der Waals surface area contributed by atoms with Crippen molar-refractivity contribution in [2.75, 3.05) is 0 Å². The van der Waals surface area contributed by atoms with Crippen LogP contribution >= 0.6 is 0 Å². The second-order valence-corrected chi connectivity index (χ2v) is 5.02. The molecule has 0 bridgehead atoms. The zero-order valence-electron chi connectivity index (χ0n) is 9.69. The molecule has 1 aliphatic rings. The quantitative estimate of drug-likeness (QED) is 0.825. The highest BCUT2D eigenvalue weighted by Crippen LogP contribution is 2.27. The number of nitrogens with two attached hydrogens (primary N) is 1. The van der Waals surface area contributed by atoms with E-state index in [-0.39, 0.29) is 0 Å². The van der Waals surface area contributed by atoms with Gasteiger partial charge in [-0.3, -0.25) is 4.68 Å². The summed E-state index contributed by atoms with van der Waals surface area (Å²) < 4.78 is 2.03. The second kappa shape index (κ2) is 4.35. The minimum absolute atomic E-state index is 0.433. The Hall–Kier alpha value is -0.830. The molecule has 0 saturated heterocycles. The summed E-state index contributed by atoms with van der Waals surface area (Å²) in [4.78, 5) is 0. The van der Waals surface area contributed by atoms with Gasteiger partial charge in [0.25, 0.3) is 0 Å². The van der Waals surface area contributed by atoms with E-state index in [0.717, 1.165) is 12.3 Å². The highest BCUT2D eigenvalue weighted by atomic mass is 15.3. The molecule has 3 nitrogen and oxygen atoms in total. The molecule has 15 heavy (non-hydrogen) atoms. The van der Waals surface area contributed by atoms with Gasteiger partial charge in [-0.05, 0) is 51.5 Å². The summed E-state index contributed by atoms with van der Waals surface area (Å²) in [6.45, 7) is 4.31. The molecule has 1 aromatic rings. The lowest BCUT2D eigenvalue weighted by atomic mass is 10.0. The van der Waals surface area contributed by atoms with Gasteiger partial charge in [0.05, 0.1) is 5.69 Å². The first kappa shape index (κ1) is 10.7. The van der Waals surface area contributed by atoms with Crippen LogP contribution in [0.1, 0.15) is 44.8 Å². The third-order valence-electron chi connectivity index (χ3n) is 3.27. The average Bonchev–Trinajstić information content (AvgIpc) is 2.76. The van der Waals surface area contributed by atoms with Crippen molar-refractivity contribution in [1.29, 1.82) is 0 Å². The molecule has 1 aliphatic carbocycles. The van der Waals surface area contributed by atoms with Crippen molar-refractivity contribution in [3.05, 3.63) is 18.0 Å². The molecule has 1 fully saturated rings. The van der Waals surface area contributed by atoms with Crippen LogP contribution in [0.4, 0.5) is 0 Å². The first-order chi connectivity index (χ1) is 7.15. The lowest BCUT2D eigenvalue weighted by Gasteiger charge is -2.07. The third kappa shape index (κ3) is 2.59. The fraction of sp³-hybridized carbons (Fsp3) is 0.750. The molecular weight excluding hydrogens is 186 g/mol. The number of rotatable bonds is 3. The molecule has 1 aromatic heterocycles. The second-order valence-electron chi connectivity index (χ2n) is 5.02. The Morgan fingerprint density at radius 1 is 1.53 bits per heavy atom. The smallest absolute Gasteiger partial charge is 0.0627 e. The van der Waals surface area contributed by atoms with Crippen LogP contribution < -0.4 is 5.73 Å². The Balaban J connectivity index is 1.93. The van der Waals surface area contributed by atoms with Crippen LogP contribution in [0.15, 0.2) is 12.3 Å². The van der Waals surface area contributed by atoms with Crippen LogP contribution in [0.2, 0.25) is 0 Å². The molecular formula is C12H21N3. The van der Waals surface area contributed by atoms with Crippen molar-refractivity contribution in [3.63, 3.8) is 0 Å². The SMILES string of the molecule is CC(C)n1ccc(CC2CCC(N)C2)n1. The zero-order chi connectivity index (χ0) is 10.8. The number of nitrogens with zero attached hydrogens (tertiary/aromatic N) is 2. The molecule has 1 heterocycles. The molecule has 0 radical (unpaired) electrons. The standard InChI is InChI=1S/C12H21N3/c1-9(2)15-6-5-12(14-15)8-10-3-4-11(13)7-10/h5-6,9-11H,3-4,7-8,13H2,1-2H3. The molecule has 2 atom stereocenters. The van der Waals surface area contributed by atoms with Gasteiger partial charge in [-0.1, -0.05) is 0 Å². The number of hydrogen-bond acceptors (Lipinski definition) is 2. The van der Waals surface area contributed by atoms with Crippen LogP contribution in [0.5, 0.6) is 0 Å². The number of hydrogen-bond donors (Lipinski definition) is 1. The minimum Gasteiger partial charge on any atom is -0.328 e. The number of aromatic nitrogens is 2. The Labute approximate surface area is 91.7 Å². The van der Waals surface area contributed by atoms with Crippen LogP contribution in [-0.4, -0.2) is 15.8 Å². The fourth-order valence-electron chi connectivity index (χ4n) is 2.37. The van der Waals surface area contributed by atoms with Crippen molar-refractivity contribution in [2.45, 2.75) is 51.6 Å². The molecule has 1 saturated carbocycles. The molecule has 2 rings (SSSR count). The Morgan fingerprint density at radius 3 is 2.87 bits per heavy atom. The van der Waals surface area contributed by atoms with Gasteiger partial charge in [0.1, 0.15) is 0 Å². The Bertz CT molecular complexity index is 316. The van der Waals surface area contributed by atoms with Crippen molar-refractivity contribution in [3.8, 4) is 0 Å². The van der Waals surface area contributed by atoms with E-state index in [0.29, 0.717) is 12.1 Å². The molecule has 0 aromatic carbocycles. The van der Waals surface area contributed by atoms with Gasteiger partial charge in [-0.15, -0.1) is 0 Å². The summed E-state index contributed by atoms with van der Waals surface area (Å²) in [5, 5.41) is 4.57. The van der Waals surface area contributed by atoms with E-state index in [1.165, 1.54) is 25.0 Å². The van der Waals surface area contributed by atoms with Gasteiger partial charge in [-0.2, -0.15) is 5.10 Å². The Kier molecular flexibility index (Phi) is 3.10. The summed E-state index contributed by atoms with van der Waals surface area (Å²) in [5.74, 6) is 0.760. The molecule has 0 aliphatic heterocycles. The highest BCUT2D eigenvalue weighted by Gasteiger charge is 2.22. The topological polar surface area (TPSA) is 43.8 Å². The van der Waals surface area contributed by atoms with E-state index < -0.39 is 0 Å². The van der Waals surface area contributed by atoms with E-state index in [9.17, 15) is 0 Å². The summed E-state index contributed by atoms with van der Waals surface area (Å²) in [6, 6.07) is 3.04. The fourth-order valence-corrected chi connectivity index (χ4v) is 2.37. The third-order valence-corrected chi connectivity index (χ3v) is 3.27. The van der Waals surface area contributed by atoms with Gasteiger partial charge in [0.15, 0.2) is 0 Å². The van der Waals surface area contributed by atoms with Crippen molar-refractivity contribution >= 4 is 0 Å². The van der Waals surface area contributed by atoms with E-state index >= 15 is 0 Å². The minimum atomic E-state index is 0.433. The van der Waals surface area contributed by atoms with Crippen LogP contribution in [0, 0.1) is 5.92 Å². The van der Waals surface area contributed by atoms with Gasteiger partial charge in [0.2, 0.25) is 0 Å². The molecule has 0 spiro atoms. The Morgan fingerprint density at radius 2 is 2.33 bits per heavy atom. The molecule has 2 unspecified atom stereocenters. The lowest BCUT2D eigenvalue weighted by Crippen LogP contribution is -2.15. The lowest BCUT2D eigenvalue weighted by molar-refractivity contribution is 0.497. The first-order valence-electron chi connectivity index (χ1n) is 5.94. The maximum absolute atomic E-state index is 5.91. The van der Waals surface area contributed by atoms with Crippen LogP contribution in [-0.2, 0) is 6.42 Å². The largest absolute Gasteiger partial charge is 0.328 e. The first-order valence-corrected chi connectivity index (χ1v) is 5.94. The summed E-state index contributed by atoms with van der Waals surface area (Å²) in [6.07, 6.45) is 6.82. The maximum Gasteiger partial charge on any atom is 0.0627 e. The van der Waals surface area contributed by atoms with E-state index in [4.69, 9.17) is 5.73 Å².